The Hall–Kier alpha value is -2.60. The number of likely N-dealkylation sites (tertiary alicyclic amines) is 1. The number of hydrogen-bond donors (Lipinski definition) is 1. The first-order valence-corrected chi connectivity index (χ1v) is 8.85. The fourth-order valence-corrected chi connectivity index (χ4v) is 2.98. The third-order valence-electron chi connectivity index (χ3n) is 4.28. The normalized spacial score (nSPS) is 16.8. The SMILES string of the molecule is CC(=O)N1CCCC(C(=O)Nc2ccc(Oc3ccc(Cl)cn3)cc2)C1. The number of benzene rings is 1. The van der Waals surface area contributed by atoms with Crippen LogP contribution in [0.4, 0.5) is 5.69 Å². The van der Waals surface area contributed by atoms with Crippen LogP contribution >= 0.6 is 11.6 Å². The Bertz CT molecular complexity index is 778. The zero-order chi connectivity index (χ0) is 18.5. The number of ether oxygens (including phenoxy) is 1. The maximum Gasteiger partial charge on any atom is 0.229 e. The number of carbonyl (C=O) groups is 2. The Labute approximate surface area is 157 Å². The number of aromatic nitrogens is 1. The Morgan fingerprint density at radius 3 is 2.65 bits per heavy atom. The van der Waals surface area contributed by atoms with Crippen molar-refractivity contribution in [1.82, 2.24) is 9.88 Å². The van der Waals surface area contributed by atoms with E-state index >= 15 is 0 Å². The zero-order valence-electron chi connectivity index (χ0n) is 14.4. The molecule has 0 aliphatic carbocycles. The Kier molecular flexibility index (Phi) is 5.73. The van der Waals surface area contributed by atoms with E-state index in [2.05, 4.69) is 10.3 Å². The number of piperidine rings is 1. The number of nitrogens with zero attached hydrogens (tertiary/aromatic N) is 2. The molecule has 2 aromatic rings. The second kappa shape index (κ2) is 8.19. The van der Waals surface area contributed by atoms with Gasteiger partial charge in [0, 0.05) is 38.0 Å². The molecule has 26 heavy (non-hydrogen) atoms. The van der Waals surface area contributed by atoms with Gasteiger partial charge in [-0.05, 0) is 43.2 Å². The molecule has 0 saturated carbocycles. The highest BCUT2D eigenvalue weighted by molar-refractivity contribution is 6.30. The van der Waals surface area contributed by atoms with Crippen LogP contribution in [0.3, 0.4) is 0 Å². The van der Waals surface area contributed by atoms with Crippen LogP contribution in [-0.4, -0.2) is 34.8 Å². The molecule has 1 N–H and O–H groups in total. The van der Waals surface area contributed by atoms with Crippen molar-refractivity contribution in [1.29, 1.82) is 0 Å². The summed E-state index contributed by atoms with van der Waals surface area (Å²) in [5.41, 5.74) is 0.686. The van der Waals surface area contributed by atoms with E-state index in [1.807, 2.05) is 0 Å². The molecule has 1 fully saturated rings. The number of carbonyl (C=O) groups excluding carboxylic acids is 2. The molecule has 1 aromatic carbocycles. The first-order chi connectivity index (χ1) is 12.5. The standard InChI is InChI=1S/C19H20ClN3O3/c1-13(24)23-10-2-3-14(12-23)19(25)22-16-5-7-17(8-6-16)26-18-9-4-15(20)11-21-18/h4-9,11,14H,2-3,10,12H2,1H3,(H,22,25). The van der Waals surface area contributed by atoms with Crippen LogP contribution in [0.1, 0.15) is 19.8 Å². The lowest BCUT2D eigenvalue weighted by Crippen LogP contribution is -2.42. The summed E-state index contributed by atoms with van der Waals surface area (Å²) in [6.07, 6.45) is 3.15. The van der Waals surface area contributed by atoms with E-state index in [1.54, 1.807) is 41.3 Å². The topological polar surface area (TPSA) is 71.5 Å². The molecule has 0 radical (unpaired) electrons. The van der Waals surface area contributed by atoms with Crippen LogP contribution < -0.4 is 10.1 Å². The molecule has 1 unspecified atom stereocenters. The highest BCUT2D eigenvalue weighted by atomic mass is 35.5. The minimum atomic E-state index is -0.179. The zero-order valence-corrected chi connectivity index (χ0v) is 15.2. The van der Waals surface area contributed by atoms with E-state index in [1.165, 1.54) is 13.1 Å². The molecule has 2 heterocycles. The van der Waals surface area contributed by atoms with Gasteiger partial charge in [-0.1, -0.05) is 11.6 Å². The van der Waals surface area contributed by atoms with Gasteiger partial charge in [0.25, 0.3) is 0 Å². The van der Waals surface area contributed by atoms with Gasteiger partial charge in [-0.15, -0.1) is 0 Å². The van der Waals surface area contributed by atoms with Crippen molar-refractivity contribution in [2.45, 2.75) is 19.8 Å². The smallest absolute Gasteiger partial charge is 0.229 e. The highest BCUT2D eigenvalue weighted by Crippen LogP contribution is 2.23. The van der Waals surface area contributed by atoms with Gasteiger partial charge < -0.3 is 15.0 Å². The van der Waals surface area contributed by atoms with Crippen molar-refractivity contribution in [3.05, 3.63) is 47.6 Å². The molecule has 1 aromatic heterocycles. The lowest BCUT2D eigenvalue weighted by Gasteiger charge is -2.31. The average Bonchev–Trinajstić information content (AvgIpc) is 2.65. The second-order valence-electron chi connectivity index (χ2n) is 6.23. The van der Waals surface area contributed by atoms with Gasteiger partial charge in [0.05, 0.1) is 10.9 Å². The van der Waals surface area contributed by atoms with Gasteiger partial charge >= 0.3 is 0 Å². The molecule has 2 amide bonds. The van der Waals surface area contributed by atoms with E-state index in [0.29, 0.717) is 28.9 Å². The Morgan fingerprint density at radius 2 is 2.00 bits per heavy atom. The molecule has 0 spiro atoms. The lowest BCUT2D eigenvalue weighted by atomic mass is 9.97. The summed E-state index contributed by atoms with van der Waals surface area (Å²) in [5, 5.41) is 3.45. The number of rotatable bonds is 4. The van der Waals surface area contributed by atoms with Gasteiger partial charge in [0.2, 0.25) is 17.7 Å². The van der Waals surface area contributed by atoms with E-state index in [-0.39, 0.29) is 17.7 Å². The predicted octanol–water partition coefficient (Wildman–Crippen LogP) is 3.72. The van der Waals surface area contributed by atoms with Gasteiger partial charge in [0.1, 0.15) is 5.75 Å². The third-order valence-corrected chi connectivity index (χ3v) is 4.51. The molecule has 1 atom stereocenters. The number of halogens is 1. The fourth-order valence-electron chi connectivity index (χ4n) is 2.87. The fraction of sp³-hybridized carbons (Fsp3) is 0.316. The molecular formula is C19H20ClN3O3. The van der Waals surface area contributed by atoms with Gasteiger partial charge in [-0.3, -0.25) is 9.59 Å². The van der Waals surface area contributed by atoms with E-state index in [9.17, 15) is 9.59 Å². The summed E-state index contributed by atoms with van der Waals surface area (Å²) in [4.78, 5) is 29.7. The molecule has 1 aliphatic heterocycles. The number of pyridine rings is 1. The maximum atomic E-state index is 12.4. The minimum absolute atomic E-state index is 0.0137. The molecule has 0 bridgehead atoms. The van der Waals surface area contributed by atoms with Gasteiger partial charge in [-0.25, -0.2) is 4.98 Å². The van der Waals surface area contributed by atoms with Crippen molar-refractivity contribution in [3.8, 4) is 11.6 Å². The average molecular weight is 374 g/mol. The molecule has 1 saturated heterocycles. The summed E-state index contributed by atoms with van der Waals surface area (Å²) in [6.45, 7) is 2.74. The van der Waals surface area contributed by atoms with Crippen molar-refractivity contribution < 1.29 is 14.3 Å². The van der Waals surface area contributed by atoms with Crippen LogP contribution in [0, 0.1) is 5.92 Å². The third kappa shape index (κ3) is 4.73. The quantitative estimate of drug-likeness (QED) is 0.886. The van der Waals surface area contributed by atoms with Crippen molar-refractivity contribution in [2.75, 3.05) is 18.4 Å². The second-order valence-corrected chi connectivity index (χ2v) is 6.67. The summed E-state index contributed by atoms with van der Waals surface area (Å²) in [5.74, 6) is 0.821. The molecule has 6 nitrogen and oxygen atoms in total. The van der Waals surface area contributed by atoms with Gasteiger partial charge in [-0.2, -0.15) is 0 Å². The van der Waals surface area contributed by atoms with Crippen LogP contribution in [0.2, 0.25) is 5.02 Å². The summed E-state index contributed by atoms with van der Waals surface area (Å²) >= 11 is 5.79. The van der Waals surface area contributed by atoms with E-state index < -0.39 is 0 Å². The Morgan fingerprint density at radius 1 is 1.23 bits per heavy atom. The van der Waals surface area contributed by atoms with Crippen LogP contribution in [-0.2, 0) is 9.59 Å². The first kappa shape index (κ1) is 18.2. The first-order valence-electron chi connectivity index (χ1n) is 8.47. The predicted molar refractivity (Wildman–Crippen MR) is 99.4 cm³/mol. The molecule has 7 heteroatoms. The number of anilines is 1. The number of amides is 2. The lowest BCUT2D eigenvalue weighted by molar-refractivity contribution is -0.132. The van der Waals surface area contributed by atoms with Crippen molar-refractivity contribution in [3.63, 3.8) is 0 Å². The highest BCUT2D eigenvalue weighted by Gasteiger charge is 2.26. The largest absolute Gasteiger partial charge is 0.439 e. The van der Waals surface area contributed by atoms with E-state index in [0.717, 1.165) is 19.4 Å². The van der Waals surface area contributed by atoms with Crippen LogP contribution in [0.15, 0.2) is 42.6 Å². The van der Waals surface area contributed by atoms with Crippen molar-refractivity contribution >= 4 is 29.1 Å². The van der Waals surface area contributed by atoms with E-state index in [4.69, 9.17) is 16.3 Å². The monoisotopic (exact) mass is 373 g/mol. The molecule has 1 aliphatic rings. The summed E-state index contributed by atoms with van der Waals surface area (Å²) in [7, 11) is 0. The molecule has 3 rings (SSSR count). The molecule has 136 valence electrons. The number of hydrogen-bond acceptors (Lipinski definition) is 4. The van der Waals surface area contributed by atoms with Crippen LogP contribution in [0.5, 0.6) is 11.6 Å². The van der Waals surface area contributed by atoms with Crippen molar-refractivity contribution in [2.24, 2.45) is 5.92 Å². The molecular weight excluding hydrogens is 354 g/mol. The van der Waals surface area contributed by atoms with Gasteiger partial charge in [0.15, 0.2) is 0 Å². The van der Waals surface area contributed by atoms with Crippen LogP contribution in [0.25, 0.3) is 0 Å². The summed E-state index contributed by atoms with van der Waals surface area (Å²) < 4.78 is 5.62. The minimum Gasteiger partial charge on any atom is -0.439 e. The number of nitrogens with one attached hydrogen (secondary N) is 1. The Balaban J connectivity index is 1.57. The summed E-state index contributed by atoms with van der Waals surface area (Å²) in [6, 6.07) is 10.4. The maximum absolute atomic E-state index is 12.4.